The van der Waals surface area contributed by atoms with Gasteiger partial charge in [0.15, 0.2) is 11.5 Å². The van der Waals surface area contributed by atoms with E-state index in [0.717, 1.165) is 31.8 Å². The molecular formula is C18H20N4O3. The monoisotopic (exact) mass is 340 g/mol. The molecule has 2 aliphatic heterocycles. The number of benzene rings is 1. The molecule has 4 rings (SSSR count). The number of rotatable bonds is 3. The van der Waals surface area contributed by atoms with Crippen molar-refractivity contribution >= 4 is 17.5 Å². The van der Waals surface area contributed by atoms with Crippen LogP contribution < -0.4 is 19.7 Å². The second-order valence-electron chi connectivity index (χ2n) is 6.43. The molecule has 1 fully saturated rings. The summed E-state index contributed by atoms with van der Waals surface area (Å²) in [6.45, 7) is 4.31. The van der Waals surface area contributed by atoms with Gasteiger partial charge in [-0.15, -0.1) is 0 Å². The standard InChI is InChI=1S/C18H20N4O3/c1-12-5-8-22(9-6-12)18-19-7-4-14(21-18)17(23)20-13-2-3-15-16(10-13)25-11-24-15/h2-4,7,10,12H,5-6,8-9,11H2,1H3,(H,20,23). The van der Waals surface area contributed by atoms with Crippen molar-refractivity contribution in [1.29, 1.82) is 0 Å². The molecule has 7 nitrogen and oxygen atoms in total. The first-order chi connectivity index (χ1) is 12.2. The maximum atomic E-state index is 12.5. The number of nitrogens with zero attached hydrogens (tertiary/aromatic N) is 3. The van der Waals surface area contributed by atoms with E-state index < -0.39 is 0 Å². The molecule has 0 spiro atoms. The number of carbonyl (C=O) groups is 1. The highest BCUT2D eigenvalue weighted by molar-refractivity contribution is 6.03. The normalized spacial score (nSPS) is 16.8. The van der Waals surface area contributed by atoms with Crippen molar-refractivity contribution in [2.75, 3.05) is 30.1 Å². The zero-order chi connectivity index (χ0) is 17.2. The van der Waals surface area contributed by atoms with Gasteiger partial charge >= 0.3 is 0 Å². The summed E-state index contributed by atoms with van der Waals surface area (Å²) in [5.41, 5.74) is 0.988. The largest absolute Gasteiger partial charge is 0.454 e. The number of nitrogens with one attached hydrogen (secondary N) is 1. The molecule has 7 heteroatoms. The highest BCUT2D eigenvalue weighted by atomic mass is 16.7. The van der Waals surface area contributed by atoms with Crippen LogP contribution in [0.25, 0.3) is 0 Å². The summed E-state index contributed by atoms with van der Waals surface area (Å²) in [7, 11) is 0. The maximum Gasteiger partial charge on any atom is 0.274 e. The maximum absolute atomic E-state index is 12.5. The average Bonchev–Trinajstić information content (AvgIpc) is 3.10. The molecule has 3 heterocycles. The minimum Gasteiger partial charge on any atom is -0.454 e. The lowest BCUT2D eigenvalue weighted by Crippen LogP contribution is -2.34. The Balaban J connectivity index is 1.48. The fourth-order valence-electron chi connectivity index (χ4n) is 3.01. The summed E-state index contributed by atoms with van der Waals surface area (Å²) >= 11 is 0. The van der Waals surface area contributed by atoms with Crippen LogP contribution in [-0.4, -0.2) is 35.8 Å². The zero-order valence-corrected chi connectivity index (χ0v) is 14.1. The van der Waals surface area contributed by atoms with E-state index in [1.54, 1.807) is 30.5 Å². The predicted octanol–water partition coefficient (Wildman–Crippen LogP) is 2.69. The lowest BCUT2D eigenvalue weighted by molar-refractivity contribution is 0.102. The predicted molar refractivity (Wildman–Crippen MR) is 93.2 cm³/mol. The number of carbonyl (C=O) groups excluding carboxylic acids is 1. The fraction of sp³-hybridized carbons (Fsp3) is 0.389. The summed E-state index contributed by atoms with van der Waals surface area (Å²) < 4.78 is 10.6. The van der Waals surface area contributed by atoms with Crippen LogP contribution in [0.1, 0.15) is 30.3 Å². The van der Waals surface area contributed by atoms with E-state index in [1.165, 1.54) is 0 Å². The van der Waals surface area contributed by atoms with E-state index in [0.29, 0.717) is 28.8 Å². The van der Waals surface area contributed by atoms with Crippen LogP contribution in [0.2, 0.25) is 0 Å². The molecule has 0 unspecified atom stereocenters. The molecule has 1 aromatic heterocycles. The molecule has 25 heavy (non-hydrogen) atoms. The highest BCUT2D eigenvalue weighted by Crippen LogP contribution is 2.34. The Morgan fingerprint density at radius 3 is 2.84 bits per heavy atom. The van der Waals surface area contributed by atoms with E-state index in [1.807, 2.05) is 0 Å². The summed E-state index contributed by atoms with van der Waals surface area (Å²) in [4.78, 5) is 23.4. The molecule has 0 atom stereocenters. The van der Waals surface area contributed by atoms with E-state index in [2.05, 4.69) is 27.1 Å². The van der Waals surface area contributed by atoms with E-state index in [4.69, 9.17) is 9.47 Å². The number of anilines is 2. The van der Waals surface area contributed by atoms with Gasteiger partial charge in [0.2, 0.25) is 12.7 Å². The zero-order valence-electron chi connectivity index (χ0n) is 14.1. The first kappa shape index (κ1) is 15.7. The van der Waals surface area contributed by atoms with Crippen molar-refractivity contribution in [3.63, 3.8) is 0 Å². The molecule has 0 aliphatic carbocycles. The minimum atomic E-state index is -0.270. The van der Waals surface area contributed by atoms with Crippen LogP contribution in [0.15, 0.2) is 30.5 Å². The van der Waals surface area contributed by atoms with Crippen molar-refractivity contribution in [1.82, 2.24) is 9.97 Å². The molecule has 0 bridgehead atoms. The molecule has 2 aromatic rings. The molecule has 1 saturated heterocycles. The summed E-state index contributed by atoms with van der Waals surface area (Å²) in [5.74, 6) is 2.39. The van der Waals surface area contributed by atoms with E-state index in [9.17, 15) is 4.79 Å². The number of fused-ring (bicyclic) bond motifs is 1. The first-order valence-corrected chi connectivity index (χ1v) is 8.48. The Morgan fingerprint density at radius 1 is 1.20 bits per heavy atom. The minimum absolute atomic E-state index is 0.205. The van der Waals surface area contributed by atoms with E-state index in [-0.39, 0.29) is 12.7 Å². The third kappa shape index (κ3) is 3.35. The fourth-order valence-corrected chi connectivity index (χ4v) is 3.01. The van der Waals surface area contributed by atoms with Gasteiger partial charge in [-0.2, -0.15) is 0 Å². The Labute approximate surface area is 146 Å². The number of ether oxygens (including phenoxy) is 2. The topological polar surface area (TPSA) is 76.6 Å². The van der Waals surface area contributed by atoms with Crippen molar-refractivity contribution in [2.45, 2.75) is 19.8 Å². The second-order valence-corrected chi connectivity index (χ2v) is 6.43. The second kappa shape index (κ2) is 6.58. The Bertz CT molecular complexity index is 788. The summed E-state index contributed by atoms with van der Waals surface area (Å²) in [6.07, 6.45) is 3.88. The van der Waals surface area contributed by atoms with Crippen LogP contribution in [0, 0.1) is 5.92 Å². The number of aromatic nitrogens is 2. The molecule has 130 valence electrons. The molecule has 0 saturated carbocycles. The summed E-state index contributed by atoms with van der Waals surface area (Å²) in [6, 6.07) is 6.92. The van der Waals surface area contributed by atoms with Gasteiger partial charge in [-0.1, -0.05) is 6.92 Å². The van der Waals surface area contributed by atoms with Crippen molar-refractivity contribution < 1.29 is 14.3 Å². The number of hydrogen-bond donors (Lipinski definition) is 1. The third-order valence-corrected chi connectivity index (χ3v) is 4.57. The van der Waals surface area contributed by atoms with Gasteiger partial charge in [0.05, 0.1) is 0 Å². The first-order valence-electron chi connectivity index (χ1n) is 8.48. The van der Waals surface area contributed by atoms with Gasteiger partial charge in [0.25, 0.3) is 5.91 Å². The van der Waals surface area contributed by atoms with Gasteiger partial charge in [-0.3, -0.25) is 4.79 Å². The number of amides is 1. The van der Waals surface area contributed by atoms with Crippen LogP contribution in [0.5, 0.6) is 11.5 Å². The van der Waals surface area contributed by atoms with Gasteiger partial charge in [0.1, 0.15) is 5.69 Å². The van der Waals surface area contributed by atoms with Gasteiger partial charge in [-0.25, -0.2) is 9.97 Å². The van der Waals surface area contributed by atoms with Crippen LogP contribution in [0.3, 0.4) is 0 Å². The lowest BCUT2D eigenvalue weighted by atomic mass is 10.00. The summed E-state index contributed by atoms with van der Waals surface area (Å²) in [5, 5.41) is 2.84. The van der Waals surface area contributed by atoms with Gasteiger partial charge < -0.3 is 19.7 Å². The number of hydrogen-bond acceptors (Lipinski definition) is 6. The average molecular weight is 340 g/mol. The quantitative estimate of drug-likeness (QED) is 0.926. The van der Waals surface area contributed by atoms with Crippen molar-refractivity contribution in [2.24, 2.45) is 5.92 Å². The van der Waals surface area contributed by atoms with Crippen molar-refractivity contribution in [3.8, 4) is 11.5 Å². The highest BCUT2D eigenvalue weighted by Gasteiger charge is 2.20. The Kier molecular flexibility index (Phi) is 4.13. The van der Waals surface area contributed by atoms with E-state index >= 15 is 0 Å². The van der Waals surface area contributed by atoms with Gasteiger partial charge in [0, 0.05) is 31.0 Å². The molecule has 1 amide bonds. The Morgan fingerprint density at radius 2 is 2.00 bits per heavy atom. The molecule has 1 N–H and O–H groups in total. The van der Waals surface area contributed by atoms with Crippen molar-refractivity contribution in [3.05, 3.63) is 36.2 Å². The molecule has 2 aliphatic rings. The smallest absolute Gasteiger partial charge is 0.274 e. The molecule has 1 aromatic carbocycles. The number of piperidine rings is 1. The van der Waals surface area contributed by atoms with Crippen LogP contribution >= 0.6 is 0 Å². The van der Waals surface area contributed by atoms with Crippen LogP contribution in [0.4, 0.5) is 11.6 Å². The van der Waals surface area contributed by atoms with Crippen LogP contribution in [-0.2, 0) is 0 Å². The molecular weight excluding hydrogens is 320 g/mol. The third-order valence-electron chi connectivity index (χ3n) is 4.57. The van der Waals surface area contributed by atoms with Gasteiger partial charge in [-0.05, 0) is 37.0 Å². The Hall–Kier alpha value is -2.83. The lowest BCUT2D eigenvalue weighted by Gasteiger charge is -2.30. The SMILES string of the molecule is CC1CCN(c2nccc(C(=O)Nc3ccc4c(c3)OCO4)n2)CC1. The molecule has 0 radical (unpaired) electrons.